The van der Waals surface area contributed by atoms with Crippen LogP contribution < -0.4 is 10.1 Å². The maximum absolute atomic E-state index is 12.6. The van der Waals surface area contributed by atoms with Crippen molar-refractivity contribution in [2.45, 2.75) is 0 Å². The third-order valence-corrected chi connectivity index (χ3v) is 4.91. The molecule has 0 aliphatic carbocycles. The van der Waals surface area contributed by atoms with Gasteiger partial charge in [0.25, 0.3) is 5.91 Å². The predicted octanol–water partition coefficient (Wildman–Crippen LogP) is 5.02. The lowest BCUT2D eigenvalue weighted by atomic mass is 10.1. The highest BCUT2D eigenvalue weighted by Crippen LogP contribution is 2.25. The second-order valence-corrected chi connectivity index (χ2v) is 6.82. The van der Waals surface area contributed by atoms with Gasteiger partial charge in [0.15, 0.2) is 0 Å². The van der Waals surface area contributed by atoms with Crippen LogP contribution in [0.2, 0.25) is 0 Å². The van der Waals surface area contributed by atoms with Crippen molar-refractivity contribution >= 4 is 33.2 Å². The number of amides is 1. The number of benzene rings is 2. The summed E-state index contributed by atoms with van der Waals surface area (Å²) >= 11 is 3.41. The van der Waals surface area contributed by atoms with Crippen LogP contribution in [0.5, 0.6) is 5.75 Å². The third kappa shape index (κ3) is 3.57. The van der Waals surface area contributed by atoms with Crippen molar-refractivity contribution in [1.29, 1.82) is 0 Å². The summed E-state index contributed by atoms with van der Waals surface area (Å²) < 4.78 is 7.88. The SMILES string of the molecule is COc1ccc(Br)c(C(=O)Nc2ccc(-c3cn4ccccc4n3)cc2)c1. The molecule has 1 N–H and O–H groups in total. The van der Waals surface area contributed by atoms with E-state index in [1.807, 2.05) is 59.3 Å². The number of carbonyl (C=O) groups excluding carboxylic acids is 1. The van der Waals surface area contributed by atoms with E-state index in [4.69, 9.17) is 4.74 Å². The number of imidazole rings is 1. The Morgan fingerprint density at radius 1 is 1.11 bits per heavy atom. The number of halogens is 1. The zero-order valence-electron chi connectivity index (χ0n) is 14.5. The number of rotatable bonds is 4. The van der Waals surface area contributed by atoms with Crippen molar-refractivity contribution < 1.29 is 9.53 Å². The summed E-state index contributed by atoms with van der Waals surface area (Å²) in [7, 11) is 1.57. The van der Waals surface area contributed by atoms with Crippen LogP contribution in [0.3, 0.4) is 0 Å². The summed E-state index contributed by atoms with van der Waals surface area (Å²) in [6.45, 7) is 0. The molecule has 0 bridgehead atoms. The summed E-state index contributed by atoms with van der Waals surface area (Å²) in [5.41, 5.74) is 3.99. The fourth-order valence-electron chi connectivity index (χ4n) is 2.80. The van der Waals surface area contributed by atoms with Crippen LogP contribution >= 0.6 is 15.9 Å². The normalized spacial score (nSPS) is 10.7. The van der Waals surface area contributed by atoms with E-state index in [-0.39, 0.29) is 5.91 Å². The zero-order chi connectivity index (χ0) is 18.8. The van der Waals surface area contributed by atoms with E-state index >= 15 is 0 Å². The molecule has 0 aliphatic heterocycles. The highest BCUT2D eigenvalue weighted by Gasteiger charge is 2.12. The van der Waals surface area contributed by atoms with Crippen LogP contribution in [0.15, 0.2) is 77.5 Å². The highest BCUT2D eigenvalue weighted by molar-refractivity contribution is 9.10. The molecule has 2 aromatic heterocycles. The smallest absolute Gasteiger partial charge is 0.256 e. The summed E-state index contributed by atoms with van der Waals surface area (Å²) in [5.74, 6) is 0.423. The Hall–Kier alpha value is -3.12. The Morgan fingerprint density at radius 2 is 1.93 bits per heavy atom. The van der Waals surface area contributed by atoms with Gasteiger partial charge >= 0.3 is 0 Å². The maximum Gasteiger partial charge on any atom is 0.256 e. The van der Waals surface area contributed by atoms with Gasteiger partial charge in [-0.3, -0.25) is 4.79 Å². The lowest BCUT2D eigenvalue weighted by molar-refractivity contribution is 0.102. The number of ether oxygens (including phenoxy) is 1. The average Bonchev–Trinajstić information content (AvgIpc) is 3.13. The van der Waals surface area contributed by atoms with E-state index in [0.717, 1.165) is 16.9 Å². The molecule has 4 rings (SSSR count). The molecule has 0 radical (unpaired) electrons. The van der Waals surface area contributed by atoms with Gasteiger partial charge in [-0.15, -0.1) is 0 Å². The highest BCUT2D eigenvalue weighted by atomic mass is 79.9. The Balaban J connectivity index is 1.55. The lowest BCUT2D eigenvalue weighted by Crippen LogP contribution is -2.12. The number of hydrogen-bond acceptors (Lipinski definition) is 3. The van der Waals surface area contributed by atoms with Gasteiger partial charge in [0.05, 0.1) is 18.4 Å². The summed E-state index contributed by atoms with van der Waals surface area (Å²) in [4.78, 5) is 17.2. The summed E-state index contributed by atoms with van der Waals surface area (Å²) in [6, 6.07) is 18.8. The number of fused-ring (bicyclic) bond motifs is 1. The van der Waals surface area contributed by atoms with Gasteiger partial charge in [-0.2, -0.15) is 0 Å². The molecule has 2 heterocycles. The number of pyridine rings is 1. The van der Waals surface area contributed by atoms with E-state index in [9.17, 15) is 4.79 Å². The van der Waals surface area contributed by atoms with Crippen molar-refractivity contribution in [1.82, 2.24) is 9.38 Å². The first-order chi connectivity index (χ1) is 13.1. The molecule has 1 amide bonds. The Labute approximate surface area is 164 Å². The lowest BCUT2D eigenvalue weighted by Gasteiger charge is -2.09. The third-order valence-electron chi connectivity index (χ3n) is 4.22. The molecule has 4 aromatic rings. The van der Waals surface area contributed by atoms with Gasteiger partial charge in [0, 0.05) is 28.1 Å². The first kappa shape index (κ1) is 17.3. The molecule has 0 saturated heterocycles. The first-order valence-corrected chi connectivity index (χ1v) is 9.12. The second kappa shape index (κ2) is 7.25. The largest absolute Gasteiger partial charge is 0.497 e. The minimum atomic E-state index is -0.207. The first-order valence-electron chi connectivity index (χ1n) is 8.33. The fourth-order valence-corrected chi connectivity index (χ4v) is 3.23. The number of hydrogen-bond donors (Lipinski definition) is 1. The molecule has 0 spiro atoms. The Kier molecular flexibility index (Phi) is 4.64. The quantitative estimate of drug-likeness (QED) is 0.502. The molecule has 2 aromatic carbocycles. The van der Waals surface area contributed by atoms with Crippen LogP contribution in [0, 0.1) is 0 Å². The number of methoxy groups -OCH3 is 1. The van der Waals surface area contributed by atoms with E-state index in [0.29, 0.717) is 21.5 Å². The van der Waals surface area contributed by atoms with Crippen LogP contribution in [0.25, 0.3) is 16.9 Å². The van der Waals surface area contributed by atoms with Crippen LogP contribution in [0.4, 0.5) is 5.69 Å². The van der Waals surface area contributed by atoms with Gasteiger partial charge in [-0.1, -0.05) is 18.2 Å². The van der Waals surface area contributed by atoms with E-state index in [1.165, 1.54) is 0 Å². The molecule has 0 aliphatic rings. The van der Waals surface area contributed by atoms with Crippen LogP contribution in [0.1, 0.15) is 10.4 Å². The summed E-state index contributed by atoms with van der Waals surface area (Å²) in [5, 5.41) is 2.91. The van der Waals surface area contributed by atoms with Crippen molar-refractivity contribution in [3.05, 3.63) is 83.1 Å². The predicted molar refractivity (Wildman–Crippen MR) is 109 cm³/mol. The van der Waals surface area contributed by atoms with Crippen molar-refractivity contribution in [2.75, 3.05) is 12.4 Å². The van der Waals surface area contributed by atoms with Gasteiger partial charge in [-0.25, -0.2) is 4.98 Å². The number of anilines is 1. The zero-order valence-corrected chi connectivity index (χ0v) is 16.1. The van der Waals surface area contributed by atoms with E-state index in [2.05, 4.69) is 26.2 Å². The number of nitrogens with zero attached hydrogens (tertiary/aromatic N) is 2. The molecule has 6 heteroatoms. The van der Waals surface area contributed by atoms with Crippen molar-refractivity contribution in [2.24, 2.45) is 0 Å². The van der Waals surface area contributed by atoms with Gasteiger partial charge < -0.3 is 14.5 Å². The van der Waals surface area contributed by atoms with Crippen molar-refractivity contribution in [3.63, 3.8) is 0 Å². The van der Waals surface area contributed by atoms with Crippen molar-refractivity contribution in [3.8, 4) is 17.0 Å². The standard InChI is InChI=1S/C21H16BrN3O2/c1-27-16-9-10-18(22)17(12-16)21(26)23-15-7-5-14(6-8-15)19-13-25-11-3-2-4-20(25)24-19/h2-13H,1H3,(H,23,26). The second-order valence-electron chi connectivity index (χ2n) is 5.97. The summed E-state index contributed by atoms with van der Waals surface area (Å²) in [6.07, 6.45) is 3.95. The van der Waals surface area contributed by atoms with Gasteiger partial charge in [-0.05, 0) is 58.4 Å². The molecule has 0 unspecified atom stereocenters. The van der Waals surface area contributed by atoms with Crippen LogP contribution in [-0.4, -0.2) is 22.4 Å². The molecule has 0 atom stereocenters. The topological polar surface area (TPSA) is 55.6 Å². The molecule has 0 fully saturated rings. The number of nitrogens with one attached hydrogen (secondary N) is 1. The van der Waals surface area contributed by atoms with Gasteiger partial charge in [0.1, 0.15) is 11.4 Å². The molecular formula is C21H16BrN3O2. The molecule has 0 saturated carbocycles. The minimum absolute atomic E-state index is 0.207. The number of carbonyl (C=O) groups is 1. The maximum atomic E-state index is 12.6. The van der Waals surface area contributed by atoms with E-state index in [1.54, 1.807) is 25.3 Å². The minimum Gasteiger partial charge on any atom is -0.497 e. The Bertz CT molecular complexity index is 1090. The average molecular weight is 422 g/mol. The number of aromatic nitrogens is 2. The molecule has 27 heavy (non-hydrogen) atoms. The fraction of sp³-hybridized carbons (Fsp3) is 0.0476. The Morgan fingerprint density at radius 3 is 2.67 bits per heavy atom. The monoisotopic (exact) mass is 421 g/mol. The molecule has 5 nitrogen and oxygen atoms in total. The molecular weight excluding hydrogens is 406 g/mol. The molecule has 134 valence electrons. The van der Waals surface area contributed by atoms with Gasteiger partial charge in [0.2, 0.25) is 0 Å². The van der Waals surface area contributed by atoms with E-state index < -0.39 is 0 Å². The van der Waals surface area contributed by atoms with Crippen LogP contribution in [-0.2, 0) is 0 Å².